The molecule has 88 valence electrons. The van der Waals surface area contributed by atoms with Gasteiger partial charge in [0.1, 0.15) is 5.82 Å². The average Bonchev–Trinajstić information content (AvgIpc) is 2.27. The third-order valence-corrected chi connectivity index (χ3v) is 2.91. The van der Waals surface area contributed by atoms with Gasteiger partial charge in [-0.05, 0) is 37.3 Å². The molecule has 1 aromatic rings. The van der Waals surface area contributed by atoms with Crippen LogP contribution in [0.5, 0.6) is 0 Å². The van der Waals surface area contributed by atoms with Gasteiger partial charge in [0.15, 0.2) is 0 Å². The van der Waals surface area contributed by atoms with E-state index in [9.17, 15) is 0 Å². The monoisotopic (exact) mass is 241 g/mol. The highest BCUT2D eigenvalue weighted by atomic mass is 35.5. The molecule has 0 radical (unpaired) electrons. The Balaban J connectivity index is 1.88. The number of rotatable bonds is 3. The molecule has 2 rings (SSSR count). The van der Waals surface area contributed by atoms with Gasteiger partial charge in [0, 0.05) is 31.5 Å². The van der Waals surface area contributed by atoms with E-state index in [1.807, 2.05) is 13.0 Å². The third-order valence-electron chi connectivity index (χ3n) is 2.74. The molecule has 0 bridgehead atoms. The molecule has 0 unspecified atom stereocenters. The summed E-state index contributed by atoms with van der Waals surface area (Å²) >= 11 is 5.79. The molecule has 0 amide bonds. The van der Waals surface area contributed by atoms with E-state index in [1.54, 1.807) is 0 Å². The first-order chi connectivity index (χ1) is 7.74. The Kier molecular flexibility index (Phi) is 3.96. The summed E-state index contributed by atoms with van der Waals surface area (Å²) in [5, 5.41) is 3.61. The lowest BCUT2D eigenvalue weighted by Crippen LogP contribution is -2.23. The molecule has 5 heteroatoms. The molecular formula is C11H16ClN3O. The molecule has 0 saturated carbocycles. The molecule has 0 atom stereocenters. The summed E-state index contributed by atoms with van der Waals surface area (Å²) in [7, 11) is 0. The van der Waals surface area contributed by atoms with Crippen molar-refractivity contribution in [3.8, 4) is 0 Å². The molecule has 1 saturated heterocycles. The molecule has 0 spiro atoms. The number of hydrogen-bond acceptors (Lipinski definition) is 4. The normalized spacial score (nSPS) is 17.4. The first-order valence-corrected chi connectivity index (χ1v) is 5.94. The third kappa shape index (κ3) is 3.32. The van der Waals surface area contributed by atoms with Gasteiger partial charge in [0.2, 0.25) is 5.28 Å². The molecule has 2 heterocycles. The minimum atomic E-state index is 0.300. The van der Waals surface area contributed by atoms with Crippen LogP contribution in [0.3, 0.4) is 0 Å². The maximum Gasteiger partial charge on any atom is 0.224 e. The van der Waals surface area contributed by atoms with Crippen molar-refractivity contribution >= 4 is 17.4 Å². The average molecular weight is 242 g/mol. The molecule has 1 fully saturated rings. The van der Waals surface area contributed by atoms with Crippen LogP contribution in [0.1, 0.15) is 18.5 Å². The second-order valence-electron chi connectivity index (χ2n) is 4.10. The van der Waals surface area contributed by atoms with E-state index >= 15 is 0 Å². The molecule has 16 heavy (non-hydrogen) atoms. The van der Waals surface area contributed by atoms with Crippen LogP contribution in [0.15, 0.2) is 6.07 Å². The highest BCUT2D eigenvalue weighted by Gasteiger charge is 2.13. The number of anilines is 1. The van der Waals surface area contributed by atoms with Crippen LogP contribution in [0.25, 0.3) is 0 Å². The first-order valence-electron chi connectivity index (χ1n) is 5.57. The molecule has 0 aliphatic carbocycles. The number of nitrogens with zero attached hydrogens (tertiary/aromatic N) is 2. The van der Waals surface area contributed by atoms with Gasteiger partial charge in [-0.25, -0.2) is 9.97 Å². The quantitative estimate of drug-likeness (QED) is 0.825. The van der Waals surface area contributed by atoms with Gasteiger partial charge < -0.3 is 10.1 Å². The van der Waals surface area contributed by atoms with Gasteiger partial charge in [0.25, 0.3) is 0 Å². The Labute approximate surface area is 100 Å². The van der Waals surface area contributed by atoms with E-state index in [0.29, 0.717) is 11.2 Å². The van der Waals surface area contributed by atoms with E-state index in [0.717, 1.165) is 44.1 Å². The number of halogens is 1. The van der Waals surface area contributed by atoms with Crippen molar-refractivity contribution in [3.63, 3.8) is 0 Å². The van der Waals surface area contributed by atoms with E-state index in [4.69, 9.17) is 16.3 Å². The van der Waals surface area contributed by atoms with Crippen LogP contribution >= 0.6 is 11.6 Å². The predicted octanol–water partition coefficient (Wildman–Crippen LogP) is 2.28. The maximum absolute atomic E-state index is 5.79. The van der Waals surface area contributed by atoms with E-state index in [2.05, 4.69) is 15.3 Å². The second kappa shape index (κ2) is 5.46. The molecule has 4 nitrogen and oxygen atoms in total. The van der Waals surface area contributed by atoms with Crippen LogP contribution in [0.2, 0.25) is 5.28 Å². The summed E-state index contributed by atoms with van der Waals surface area (Å²) in [6.45, 7) is 4.58. The van der Waals surface area contributed by atoms with Crippen molar-refractivity contribution < 1.29 is 4.74 Å². The summed E-state index contributed by atoms with van der Waals surface area (Å²) in [6.07, 6.45) is 2.23. The minimum Gasteiger partial charge on any atom is -0.381 e. The van der Waals surface area contributed by atoms with Crippen molar-refractivity contribution in [2.45, 2.75) is 19.8 Å². The van der Waals surface area contributed by atoms with Gasteiger partial charge in [-0.15, -0.1) is 0 Å². The molecule has 0 aromatic carbocycles. The number of aryl methyl sites for hydroxylation is 1. The van der Waals surface area contributed by atoms with E-state index in [-0.39, 0.29) is 0 Å². The fourth-order valence-corrected chi connectivity index (χ4v) is 2.05. The van der Waals surface area contributed by atoms with Crippen molar-refractivity contribution in [1.82, 2.24) is 9.97 Å². The Morgan fingerprint density at radius 3 is 2.88 bits per heavy atom. The Hall–Kier alpha value is -0.870. The standard InChI is InChI=1S/C11H16ClN3O/c1-8-6-10(15-11(12)14-8)13-7-9-2-4-16-5-3-9/h6,9H,2-5,7H2,1H3,(H,13,14,15). The Morgan fingerprint density at radius 1 is 1.44 bits per heavy atom. The lowest BCUT2D eigenvalue weighted by atomic mass is 10.0. The van der Waals surface area contributed by atoms with E-state index < -0.39 is 0 Å². The molecule has 1 aliphatic rings. The topological polar surface area (TPSA) is 47.0 Å². The van der Waals surface area contributed by atoms with Crippen LogP contribution in [-0.4, -0.2) is 29.7 Å². The van der Waals surface area contributed by atoms with Crippen LogP contribution in [0, 0.1) is 12.8 Å². The zero-order valence-corrected chi connectivity index (χ0v) is 10.1. The fourth-order valence-electron chi connectivity index (χ4n) is 1.82. The first kappa shape index (κ1) is 11.6. The fraction of sp³-hybridized carbons (Fsp3) is 0.636. The Morgan fingerprint density at radius 2 is 2.19 bits per heavy atom. The SMILES string of the molecule is Cc1cc(NCC2CCOCC2)nc(Cl)n1. The lowest BCUT2D eigenvalue weighted by molar-refractivity contribution is 0.0699. The van der Waals surface area contributed by atoms with Crippen molar-refractivity contribution in [2.75, 3.05) is 25.1 Å². The highest BCUT2D eigenvalue weighted by Crippen LogP contribution is 2.16. The second-order valence-corrected chi connectivity index (χ2v) is 4.44. The van der Waals surface area contributed by atoms with Gasteiger partial charge in [-0.3, -0.25) is 0 Å². The largest absolute Gasteiger partial charge is 0.381 e. The van der Waals surface area contributed by atoms with Gasteiger partial charge in [0.05, 0.1) is 0 Å². The smallest absolute Gasteiger partial charge is 0.224 e. The van der Waals surface area contributed by atoms with Crippen molar-refractivity contribution in [2.24, 2.45) is 5.92 Å². The number of ether oxygens (including phenoxy) is 1. The zero-order valence-electron chi connectivity index (χ0n) is 9.37. The van der Waals surface area contributed by atoms with Gasteiger partial charge in [-0.2, -0.15) is 0 Å². The maximum atomic E-state index is 5.79. The summed E-state index contributed by atoms with van der Waals surface area (Å²) in [6, 6.07) is 1.91. The molecule has 1 aromatic heterocycles. The van der Waals surface area contributed by atoms with E-state index in [1.165, 1.54) is 0 Å². The van der Waals surface area contributed by atoms with Gasteiger partial charge >= 0.3 is 0 Å². The predicted molar refractivity (Wildman–Crippen MR) is 63.8 cm³/mol. The van der Waals surface area contributed by atoms with Crippen molar-refractivity contribution in [3.05, 3.63) is 17.0 Å². The summed E-state index contributed by atoms with van der Waals surface area (Å²) in [5.41, 5.74) is 0.884. The molecule has 1 N–H and O–H groups in total. The van der Waals surface area contributed by atoms with Crippen LogP contribution in [0.4, 0.5) is 5.82 Å². The number of nitrogens with one attached hydrogen (secondary N) is 1. The zero-order chi connectivity index (χ0) is 11.4. The number of hydrogen-bond donors (Lipinski definition) is 1. The summed E-state index contributed by atoms with van der Waals surface area (Å²) in [4.78, 5) is 8.15. The summed E-state index contributed by atoms with van der Waals surface area (Å²) < 4.78 is 5.32. The van der Waals surface area contributed by atoms with Crippen LogP contribution < -0.4 is 5.32 Å². The van der Waals surface area contributed by atoms with Gasteiger partial charge in [-0.1, -0.05) is 0 Å². The Bertz CT molecular complexity index is 333. The molecular weight excluding hydrogens is 226 g/mol. The highest BCUT2D eigenvalue weighted by molar-refractivity contribution is 6.28. The minimum absolute atomic E-state index is 0.300. The van der Waals surface area contributed by atoms with Crippen LogP contribution in [-0.2, 0) is 4.74 Å². The summed E-state index contributed by atoms with van der Waals surface area (Å²) in [5.74, 6) is 1.48. The lowest BCUT2D eigenvalue weighted by Gasteiger charge is -2.22. The number of aromatic nitrogens is 2. The van der Waals surface area contributed by atoms with Crippen molar-refractivity contribution in [1.29, 1.82) is 0 Å². The molecule has 1 aliphatic heterocycles.